The van der Waals surface area contributed by atoms with E-state index in [1.54, 1.807) is 4.57 Å². The molecule has 0 spiro atoms. The Bertz CT molecular complexity index is 768. The van der Waals surface area contributed by atoms with Crippen LogP contribution in [-0.2, 0) is 4.79 Å². The summed E-state index contributed by atoms with van der Waals surface area (Å²) < 4.78 is 1.77. The van der Waals surface area contributed by atoms with E-state index in [9.17, 15) is 9.59 Å². The van der Waals surface area contributed by atoms with Crippen molar-refractivity contribution < 1.29 is 4.79 Å². The van der Waals surface area contributed by atoms with Crippen LogP contribution in [0.5, 0.6) is 0 Å². The van der Waals surface area contributed by atoms with Gasteiger partial charge in [0.15, 0.2) is 5.16 Å². The topological polar surface area (TPSA) is 64.0 Å². The maximum Gasteiger partial charge on any atom is 0.262 e. The third kappa shape index (κ3) is 2.88. The summed E-state index contributed by atoms with van der Waals surface area (Å²) >= 11 is 1.36. The molecule has 1 amide bonds. The first-order chi connectivity index (χ1) is 10.6. The fourth-order valence-corrected chi connectivity index (χ4v) is 3.40. The van der Waals surface area contributed by atoms with Crippen molar-refractivity contribution in [3.05, 3.63) is 34.6 Å². The summed E-state index contributed by atoms with van der Waals surface area (Å²) in [6, 6.07) is 7.61. The maximum atomic E-state index is 12.7. The van der Waals surface area contributed by atoms with Crippen LogP contribution in [0.15, 0.2) is 34.2 Å². The standard InChI is InChI=1S/C16H19N3O2S/c1-3-17-14(20)10(2)22-16-18-13-7-5-4-6-12(13)15(21)19(16)11-8-9-11/h4-7,10-11H,3,8-9H2,1-2H3,(H,17,20)/t10-/m1/s1. The number of carbonyl (C=O) groups is 1. The normalized spacial score (nSPS) is 15.7. The molecule has 0 aliphatic heterocycles. The Morgan fingerprint density at radius 2 is 2.18 bits per heavy atom. The predicted octanol–water partition coefficient (Wildman–Crippen LogP) is 2.35. The molecule has 1 aromatic carbocycles. The zero-order valence-corrected chi connectivity index (χ0v) is 13.5. The lowest BCUT2D eigenvalue weighted by atomic mass is 10.2. The van der Waals surface area contributed by atoms with Crippen LogP contribution >= 0.6 is 11.8 Å². The van der Waals surface area contributed by atoms with E-state index in [4.69, 9.17) is 0 Å². The Hall–Kier alpha value is -1.82. The molecule has 1 atom stereocenters. The van der Waals surface area contributed by atoms with Gasteiger partial charge in [0.2, 0.25) is 5.91 Å². The summed E-state index contributed by atoms with van der Waals surface area (Å²) in [5, 5.41) is 3.81. The van der Waals surface area contributed by atoms with Crippen molar-refractivity contribution in [2.45, 2.75) is 43.1 Å². The number of carbonyl (C=O) groups excluding carboxylic acids is 1. The molecular formula is C16H19N3O2S. The van der Waals surface area contributed by atoms with Crippen LogP contribution < -0.4 is 10.9 Å². The minimum Gasteiger partial charge on any atom is -0.355 e. The number of nitrogens with one attached hydrogen (secondary N) is 1. The van der Waals surface area contributed by atoms with Crippen LogP contribution in [0.4, 0.5) is 0 Å². The van der Waals surface area contributed by atoms with Crippen LogP contribution in [0.25, 0.3) is 10.9 Å². The van der Waals surface area contributed by atoms with Gasteiger partial charge in [-0.3, -0.25) is 14.2 Å². The highest BCUT2D eigenvalue weighted by molar-refractivity contribution is 8.00. The predicted molar refractivity (Wildman–Crippen MR) is 88.3 cm³/mol. The zero-order valence-electron chi connectivity index (χ0n) is 12.7. The number of nitrogens with zero attached hydrogens (tertiary/aromatic N) is 2. The number of thioether (sulfide) groups is 1. The molecule has 22 heavy (non-hydrogen) atoms. The van der Waals surface area contributed by atoms with E-state index >= 15 is 0 Å². The van der Waals surface area contributed by atoms with Gasteiger partial charge in [-0.25, -0.2) is 4.98 Å². The van der Waals surface area contributed by atoms with Gasteiger partial charge in [-0.2, -0.15) is 0 Å². The monoisotopic (exact) mass is 317 g/mol. The summed E-state index contributed by atoms with van der Waals surface area (Å²) in [6.07, 6.45) is 2.01. The van der Waals surface area contributed by atoms with E-state index < -0.39 is 0 Å². The lowest BCUT2D eigenvalue weighted by Crippen LogP contribution is -2.31. The highest BCUT2D eigenvalue weighted by atomic mass is 32.2. The first kappa shape index (κ1) is 15.1. The van der Waals surface area contributed by atoms with Crippen molar-refractivity contribution in [2.24, 2.45) is 0 Å². The number of rotatable bonds is 5. The molecule has 1 heterocycles. The van der Waals surface area contributed by atoms with Gasteiger partial charge in [-0.15, -0.1) is 0 Å². The van der Waals surface area contributed by atoms with Gasteiger partial charge in [0.1, 0.15) is 0 Å². The van der Waals surface area contributed by atoms with Crippen molar-refractivity contribution in [1.82, 2.24) is 14.9 Å². The van der Waals surface area contributed by atoms with E-state index in [0.717, 1.165) is 12.8 Å². The van der Waals surface area contributed by atoms with E-state index in [1.165, 1.54) is 11.8 Å². The highest BCUT2D eigenvalue weighted by Crippen LogP contribution is 2.37. The first-order valence-corrected chi connectivity index (χ1v) is 8.45. The van der Waals surface area contributed by atoms with Gasteiger partial charge in [0.25, 0.3) is 5.56 Å². The van der Waals surface area contributed by atoms with Crippen molar-refractivity contribution >= 4 is 28.6 Å². The quantitative estimate of drug-likeness (QED) is 0.679. The number of hydrogen-bond donors (Lipinski definition) is 1. The zero-order chi connectivity index (χ0) is 15.7. The Balaban J connectivity index is 2.02. The number of hydrogen-bond acceptors (Lipinski definition) is 4. The maximum absolute atomic E-state index is 12.7. The van der Waals surface area contributed by atoms with Gasteiger partial charge in [-0.05, 0) is 38.8 Å². The molecule has 0 radical (unpaired) electrons. The molecular weight excluding hydrogens is 298 g/mol. The molecule has 3 rings (SSSR count). The fourth-order valence-electron chi connectivity index (χ4n) is 2.39. The minimum absolute atomic E-state index is 0.00120. The first-order valence-electron chi connectivity index (χ1n) is 7.57. The van der Waals surface area contributed by atoms with E-state index in [0.29, 0.717) is 22.6 Å². The van der Waals surface area contributed by atoms with Gasteiger partial charge < -0.3 is 5.32 Å². The molecule has 116 valence electrons. The van der Waals surface area contributed by atoms with E-state index in [1.807, 2.05) is 38.1 Å². The molecule has 0 bridgehead atoms. The Kier molecular flexibility index (Phi) is 4.20. The highest BCUT2D eigenvalue weighted by Gasteiger charge is 2.29. The average molecular weight is 317 g/mol. The Morgan fingerprint density at radius 3 is 2.86 bits per heavy atom. The number of amides is 1. The van der Waals surface area contributed by atoms with Gasteiger partial charge >= 0.3 is 0 Å². The number of fused-ring (bicyclic) bond motifs is 1. The Labute approximate surface area is 133 Å². The van der Waals surface area contributed by atoms with E-state index in [-0.39, 0.29) is 22.8 Å². The van der Waals surface area contributed by atoms with Crippen molar-refractivity contribution in [1.29, 1.82) is 0 Å². The Morgan fingerprint density at radius 1 is 1.45 bits per heavy atom. The van der Waals surface area contributed by atoms with Crippen molar-refractivity contribution in [2.75, 3.05) is 6.54 Å². The molecule has 1 fully saturated rings. The molecule has 6 heteroatoms. The SMILES string of the molecule is CCNC(=O)[C@@H](C)Sc1nc2ccccc2c(=O)n1C1CC1. The summed E-state index contributed by atoms with van der Waals surface area (Å²) in [7, 11) is 0. The summed E-state index contributed by atoms with van der Waals surface area (Å²) in [6.45, 7) is 4.34. The fraction of sp³-hybridized carbons (Fsp3) is 0.438. The number of benzene rings is 1. The van der Waals surface area contributed by atoms with Gasteiger partial charge in [0.05, 0.1) is 16.2 Å². The average Bonchev–Trinajstić information content (AvgIpc) is 3.32. The minimum atomic E-state index is -0.280. The van der Waals surface area contributed by atoms with Crippen LogP contribution in [-0.4, -0.2) is 27.3 Å². The molecule has 1 aromatic heterocycles. The second-order valence-electron chi connectivity index (χ2n) is 5.47. The number of aromatic nitrogens is 2. The largest absolute Gasteiger partial charge is 0.355 e. The summed E-state index contributed by atoms with van der Waals surface area (Å²) in [5.74, 6) is -0.0303. The molecule has 2 aromatic rings. The van der Waals surface area contributed by atoms with E-state index in [2.05, 4.69) is 10.3 Å². The number of para-hydroxylation sites is 1. The van der Waals surface area contributed by atoms with Gasteiger partial charge in [0, 0.05) is 12.6 Å². The lowest BCUT2D eigenvalue weighted by molar-refractivity contribution is -0.120. The molecule has 1 saturated carbocycles. The van der Waals surface area contributed by atoms with Crippen LogP contribution in [0.2, 0.25) is 0 Å². The molecule has 5 nitrogen and oxygen atoms in total. The molecule has 1 aliphatic rings. The second-order valence-corrected chi connectivity index (χ2v) is 6.78. The summed E-state index contributed by atoms with van der Waals surface area (Å²) in [4.78, 5) is 29.3. The van der Waals surface area contributed by atoms with Crippen LogP contribution in [0, 0.1) is 0 Å². The molecule has 0 saturated heterocycles. The van der Waals surface area contributed by atoms with Crippen LogP contribution in [0.1, 0.15) is 32.7 Å². The second kappa shape index (κ2) is 6.12. The summed E-state index contributed by atoms with van der Waals surface area (Å²) in [5.41, 5.74) is 0.689. The third-order valence-corrected chi connectivity index (χ3v) is 4.76. The van der Waals surface area contributed by atoms with Gasteiger partial charge in [-0.1, -0.05) is 23.9 Å². The molecule has 1 aliphatic carbocycles. The lowest BCUT2D eigenvalue weighted by Gasteiger charge is -2.15. The van der Waals surface area contributed by atoms with Crippen molar-refractivity contribution in [3.8, 4) is 0 Å². The van der Waals surface area contributed by atoms with Crippen molar-refractivity contribution in [3.63, 3.8) is 0 Å². The third-order valence-electron chi connectivity index (χ3n) is 3.69. The molecule has 1 N–H and O–H groups in total. The van der Waals surface area contributed by atoms with Crippen LogP contribution in [0.3, 0.4) is 0 Å². The molecule has 0 unspecified atom stereocenters. The smallest absolute Gasteiger partial charge is 0.262 e.